The monoisotopic (exact) mass is 368 g/mol. The number of hydrogen-bond acceptors (Lipinski definition) is 5. The van der Waals surface area contributed by atoms with Crippen molar-refractivity contribution in [3.8, 4) is 5.75 Å². The molecule has 0 unspecified atom stereocenters. The van der Waals surface area contributed by atoms with Crippen LogP contribution in [0.5, 0.6) is 5.75 Å². The molecule has 7 heteroatoms. The minimum absolute atomic E-state index is 0.215. The van der Waals surface area contributed by atoms with E-state index in [0.29, 0.717) is 17.9 Å². The standard InChI is InChI=1S/C20H24N4O3/c1-5-24-9-8-16(22-24)11-21-20(25)19-17(15(4)27-23-19)12-26-18-10-13(2)6-7-14(18)3/h6-10H,5,11-12H2,1-4H3,(H,21,25). The number of ether oxygens (including phenoxy) is 1. The van der Waals surface area contributed by atoms with Gasteiger partial charge >= 0.3 is 0 Å². The molecule has 0 aliphatic heterocycles. The van der Waals surface area contributed by atoms with Crippen molar-refractivity contribution in [2.45, 2.75) is 47.4 Å². The van der Waals surface area contributed by atoms with E-state index in [2.05, 4.69) is 15.6 Å². The largest absolute Gasteiger partial charge is 0.488 e. The smallest absolute Gasteiger partial charge is 0.274 e. The number of hydrogen-bond donors (Lipinski definition) is 1. The van der Waals surface area contributed by atoms with Crippen LogP contribution in [-0.4, -0.2) is 20.8 Å². The third-order valence-corrected chi connectivity index (χ3v) is 4.37. The van der Waals surface area contributed by atoms with Crippen molar-refractivity contribution in [2.75, 3.05) is 0 Å². The van der Waals surface area contributed by atoms with Crippen LogP contribution < -0.4 is 10.1 Å². The fourth-order valence-corrected chi connectivity index (χ4v) is 2.68. The topological polar surface area (TPSA) is 82.2 Å². The first-order valence-corrected chi connectivity index (χ1v) is 8.93. The molecule has 0 bridgehead atoms. The number of aryl methyl sites for hydroxylation is 4. The van der Waals surface area contributed by atoms with Crippen molar-refractivity contribution in [1.82, 2.24) is 20.3 Å². The predicted molar refractivity (Wildman–Crippen MR) is 101 cm³/mol. The molecule has 2 heterocycles. The van der Waals surface area contributed by atoms with Gasteiger partial charge in [0.25, 0.3) is 5.91 Å². The molecule has 3 rings (SSSR count). The third kappa shape index (κ3) is 4.36. The van der Waals surface area contributed by atoms with Gasteiger partial charge in [0.15, 0.2) is 5.69 Å². The molecule has 0 saturated heterocycles. The van der Waals surface area contributed by atoms with E-state index in [-0.39, 0.29) is 18.2 Å². The quantitative estimate of drug-likeness (QED) is 0.692. The van der Waals surface area contributed by atoms with Crippen LogP contribution >= 0.6 is 0 Å². The molecular formula is C20H24N4O3. The number of rotatable bonds is 7. The van der Waals surface area contributed by atoms with Crippen LogP contribution in [0.25, 0.3) is 0 Å². The molecule has 3 aromatic rings. The Kier molecular flexibility index (Phi) is 5.59. The average Bonchev–Trinajstić information content (AvgIpc) is 3.27. The SMILES string of the molecule is CCn1ccc(CNC(=O)c2noc(C)c2COc2cc(C)ccc2C)n1. The van der Waals surface area contributed by atoms with Gasteiger partial charge in [-0.3, -0.25) is 9.48 Å². The number of nitrogens with zero attached hydrogens (tertiary/aromatic N) is 3. The van der Waals surface area contributed by atoms with Gasteiger partial charge in [0.1, 0.15) is 18.1 Å². The van der Waals surface area contributed by atoms with Gasteiger partial charge in [0.2, 0.25) is 0 Å². The molecule has 1 aromatic carbocycles. The van der Waals surface area contributed by atoms with Crippen molar-refractivity contribution < 1.29 is 14.1 Å². The summed E-state index contributed by atoms with van der Waals surface area (Å²) in [6.45, 7) is 9.11. The lowest BCUT2D eigenvalue weighted by atomic mass is 10.1. The second kappa shape index (κ2) is 8.07. The van der Waals surface area contributed by atoms with E-state index in [9.17, 15) is 4.79 Å². The zero-order valence-electron chi connectivity index (χ0n) is 16.1. The summed E-state index contributed by atoms with van der Waals surface area (Å²) in [6, 6.07) is 7.89. The van der Waals surface area contributed by atoms with Crippen molar-refractivity contribution >= 4 is 5.91 Å². The van der Waals surface area contributed by atoms with E-state index in [1.165, 1.54) is 0 Å². The van der Waals surface area contributed by atoms with Gasteiger partial charge < -0.3 is 14.6 Å². The van der Waals surface area contributed by atoms with Crippen LogP contribution in [0.1, 0.15) is 45.6 Å². The second-order valence-corrected chi connectivity index (χ2v) is 6.47. The summed E-state index contributed by atoms with van der Waals surface area (Å²) < 4.78 is 13.0. The first-order valence-electron chi connectivity index (χ1n) is 8.93. The molecule has 0 spiro atoms. The van der Waals surface area contributed by atoms with E-state index in [1.54, 1.807) is 6.92 Å². The second-order valence-electron chi connectivity index (χ2n) is 6.47. The van der Waals surface area contributed by atoms with Crippen LogP contribution in [0.3, 0.4) is 0 Å². The Morgan fingerprint density at radius 3 is 2.81 bits per heavy atom. The normalized spacial score (nSPS) is 10.8. The summed E-state index contributed by atoms with van der Waals surface area (Å²) in [6.07, 6.45) is 1.88. The molecule has 0 fully saturated rings. The molecule has 2 aromatic heterocycles. The van der Waals surface area contributed by atoms with E-state index in [0.717, 1.165) is 29.1 Å². The summed E-state index contributed by atoms with van der Waals surface area (Å²) in [4.78, 5) is 12.5. The number of benzene rings is 1. The van der Waals surface area contributed by atoms with E-state index >= 15 is 0 Å². The van der Waals surface area contributed by atoms with Crippen LogP contribution in [-0.2, 0) is 19.7 Å². The zero-order valence-corrected chi connectivity index (χ0v) is 16.1. The Morgan fingerprint density at radius 1 is 1.26 bits per heavy atom. The number of nitrogens with one attached hydrogen (secondary N) is 1. The number of aromatic nitrogens is 3. The molecular weight excluding hydrogens is 344 g/mol. The molecule has 142 valence electrons. The molecule has 0 atom stereocenters. The van der Waals surface area contributed by atoms with E-state index in [4.69, 9.17) is 9.26 Å². The van der Waals surface area contributed by atoms with Crippen molar-refractivity contribution in [3.63, 3.8) is 0 Å². The lowest BCUT2D eigenvalue weighted by Crippen LogP contribution is -2.25. The highest BCUT2D eigenvalue weighted by Crippen LogP contribution is 2.22. The molecule has 27 heavy (non-hydrogen) atoms. The number of amides is 1. The molecule has 0 radical (unpaired) electrons. The highest BCUT2D eigenvalue weighted by molar-refractivity contribution is 5.93. The maximum atomic E-state index is 12.5. The molecule has 7 nitrogen and oxygen atoms in total. The van der Waals surface area contributed by atoms with Crippen molar-refractivity contribution in [2.24, 2.45) is 0 Å². The third-order valence-electron chi connectivity index (χ3n) is 4.37. The van der Waals surface area contributed by atoms with Crippen LogP contribution in [0.15, 0.2) is 35.0 Å². The highest BCUT2D eigenvalue weighted by Gasteiger charge is 2.20. The van der Waals surface area contributed by atoms with Gasteiger partial charge in [-0.05, 0) is 51.0 Å². The average molecular weight is 368 g/mol. The molecule has 1 N–H and O–H groups in total. The predicted octanol–water partition coefficient (Wildman–Crippen LogP) is 3.33. The first-order chi connectivity index (χ1) is 13.0. The minimum Gasteiger partial charge on any atom is -0.488 e. The Labute approximate surface area is 158 Å². The van der Waals surface area contributed by atoms with Gasteiger partial charge in [0, 0.05) is 12.7 Å². The summed E-state index contributed by atoms with van der Waals surface area (Å²) in [5, 5.41) is 11.1. The summed E-state index contributed by atoms with van der Waals surface area (Å²) in [5.74, 6) is 1.05. The van der Waals surface area contributed by atoms with Crippen LogP contribution in [0.2, 0.25) is 0 Å². The number of carbonyl (C=O) groups excluding carboxylic acids is 1. The van der Waals surface area contributed by atoms with Crippen molar-refractivity contribution in [3.05, 3.63) is 64.3 Å². The van der Waals surface area contributed by atoms with Crippen molar-refractivity contribution in [1.29, 1.82) is 0 Å². The molecule has 1 amide bonds. The maximum Gasteiger partial charge on any atom is 0.274 e. The minimum atomic E-state index is -0.308. The van der Waals surface area contributed by atoms with Crippen LogP contribution in [0.4, 0.5) is 0 Å². The summed E-state index contributed by atoms with van der Waals surface area (Å²) >= 11 is 0. The molecule has 0 saturated carbocycles. The fourth-order valence-electron chi connectivity index (χ4n) is 2.68. The van der Waals surface area contributed by atoms with Gasteiger partial charge in [-0.25, -0.2) is 0 Å². The Bertz CT molecular complexity index is 943. The Hall–Kier alpha value is -3.09. The Morgan fingerprint density at radius 2 is 2.07 bits per heavy atom. The van der Waals surface area contributed by atoms with Gasteiger partial charge in [-0.2, -0.15) is 5.10 Å². The van der Waals surface area contributed by atoms with Gasteiger partial charge in [-0.15, -0.1) is 0 Å². The lowest BCUT2D eigenvalue weighted by molar-refractivity contribution is 0.0939. The lowest BCUT2D eigenvalue weighted by Gasteiger charge is -2.10. The van der Waals surface area contributed by atoms with Crippen LogP contribution in [0, 0.1) is 20.8 Å². The highest BCUT2D eigenvalue weighted by atomic mass is 16.5. The van der Waals surface area contributed by atoms with E-state index in [1.807, 2.05) is 55.9 Å². The first kappa shape index (κ1) is 18.7. The maximum absolute atomic E-state index is 12.5. The summed E-state index contributed by atoms with van der Waals surface area (Å²) in [5.41, 5.74) is 3.83. The molecule has 0 aliphatic rings. The fraction of sp³-hybridized carbons (Fsp3) is 0.350. The summed E-state index contributed by atoms with van der Waals surface area (Å²) in [7, 11) is 0. The Balaban J connectivity index is 1.68. The van der Waals surface area contributed by atoms with E-state index < -0.39 is 0 Å². The zero-order chi connectivity index (χ0) is 19.4. The van der Waals surface area contributed by atoms with Gasteiger partial charge in [0.05, 0.1) is 17.8 Å². The van der Waals surface area contributed by atoms with Gasteiger partial charge in [-0.1, -0.05) is 17.3 Å². The number of carbonyl (C=O) groups is 1. The molecule has 0 aliphatic carbocycles.